The molecule has 174 valence electrons. The summed E-state index contributed by atoms with van der Waals surface area (Å²) in [7, 11) is 0. The van der Waals surface area contributed by atoms with Crippen molar-refractivity contribution in [3.05, 3.63) is 21.0 Å². The summed E-state index contributed by atoms with van der Waals surface area (Å²) < 4.78 is 79.4. The molecule has 32 heavy (non-hydrogen) atoms. The van der Waals surface area contributed by atoms with E-state index in [4.69, 9.17) is 0 Å². The first-order valence-corrected chi connectivity index (χ1v) is 12.8. The quantitative estimate of drug-likeness (QED) is 0.382. The topological polar surface area (TPSA) is 34.1 Å². The first kappa shape index (κ1) is 21.6. The van der Waals surface area contributed by atoms with Crippen LogP contribution in [0, 0.1) is 35.5 Å². The van der Waals surface area contributed by atoms with Crippen molar-refractivity contribution < 1.29 is 35.9 Å². The van der Waals surface area contributed by atoms with Gasteiger partial charge in [-0.25, -0.2) is 0 Å². The van der Waals surface area contributed by atoms with Crippen LogP contribution in [0.5, 0.6) is 0 Å². The van der Waals surface area contributed by atoms with Crippen molar-refractivity contribution >= 4 is 35.1 Å². The highest BCUT2D eigenvalue weighted by Crippen LogP contribution is 2.68. The van der Waals surface area contributed by atoms with E-state index in [0.717, 1.165) is 11.1 Å². The van der Waals surface area contributed by atoms with Gasteiger partial charge in [-0.2, -0.15) is 26.3 Å². The minimum atomic E-state index is -4.30. The third kappa shape index (κ3) is 2.89. The molecule has 0 aromatic heterocycles. The van der Waals surface area contributed by atoms with E-state index >= 15 is 0 Å². The molecule has 2 nitrogen and oxygen atoms in total. The minimum absolute atomic E-state index is 0.0110. The van der Waals surface area contributed by atoms with Gasteiger partial charge in [-0.1, -0.05) is 0 Å². The zero-order valence-electron chi connectivity index (χ0n) is 16.8. The van der Waals surface area contributed by atoms with Gasteiger partial charge >= 0.3 is 12.4 Å². The third-order valence-electron chi connectivity index (χ3n) is 8.45. The second-order valence-electron chi connectivity index (χ2n) is 9.90. The van der Waals surface area contributed by atoms with Crippen molar-refractivity contribution in [1.29, 1.82) is 0 Å². The first-order chi connectivity index (χ1) is 15.0. The fraction of sp³-hybridized carbons (Fsp3) is 0.727. The van der Waals surface area contributed by atoms with Gasteiger partial charge in [0.05, 0.1) is 21.6 Å². The molecule has 10 heteroatoms. The fourth-order valence-corrected chi connectivity index (χ4v) is 10.7. The number of thioether (sulfide) groups is 2. The van der Waals surface area contributed by atoms with Crippen molar-refractivity contribution in [3.8, 4) is 0 Å². The SMILES string of the molecule is O=C1C2=C(C3CCC(C(F)(F)F)CC13)C1SC3=C(C4CCC(C(F)(F)F)CC4C3=O)C1S2. The maximum Gasteiger partial charge on any atom is 0.391 e. The number of rotatable bonds is 0. The first-order valence-electron chi connectivity index (χ1n) is 11.0. The second-order valence-corrected chi connectivity index (χ2v) is 12.2. The van der Waals surface area contributed by atoms with E-state index in [0.29, 0.717) is 22.7 Å². The normalized spacial score (nSPS) is 43.4. The van der Waals surface area contributed by atoms with Gasteiger partial charge in [0.25, 0.3) is 0 Å². The van der Waals surface area contributed by atoms with Crippen LogP contribution in [0.2, 0.25) is 0 Å². The predicted molar refractivity (Wildman–Crippen MR) is 108 cm³/mol. The molecular formula is C22H20F6O2S2. The standard InChI is InChI=1S/C22H20F6O2S2/c23-21(24,25)7-1-3-9-11(5-7)15(29)17-13(9)19-20(31-17)14-10-4-2-8(22(26,27)28)6-12(10)16(30)18(14)32-19/h7-12,19-20H,1-6H2. The lowest BCUT2D eigenvalue weighted by atomic mass is 9.71. The molecule has 0 amide bonds. The summed E-state index contributed by atoms with van der Waals surface area (Å²) in [5.41, 5.74) is 1.84. The molecule has 0 aromatic carbocycles. The van der Waals surface area contributed by atoms with E-state index in [1.54, 1.807) is 0 Å². The molecule has 4 aliphatic carbocycles. The number of fused-ring (bicyclic) bond motifs is 7. The molecule has 0 radical (unpaired) electrons. The van der Waals surface area contributed by atoms with Crippen molar-refractivity contribution in [1.82, 2.24) is 0 Å². The monoisotopic (exact) mass is 494 g/mol. The maximum atomic E-state index is 13.2. The van der Waals surface area contributed by atoms with E-state index in [9.17, 15) is 35.9 Å². The average Bonchev–Trinajstić information content (AvgIpc) is 3.39. The molecule has 0 aromatic rings. The Morgan fingerprint density at radius 1 is 0.594 bits per heavy atom. The lowest BCUT2D eigenvalue weighted by Gasteiger charge is -2.37. The van der Waals surface area contributed by atoms with Crippen molar-refractivity contribution in [2.75, 3.05) is 0 Å². The van der Waals surface area contributed by atoms with Crippen LogP contribution in [-0.4, -0.2) is 34.4 Å². The molecule has 2 saturated carbocycles. The lowest BCUT2D eigenvalue weighted by Crippen LogP contribution is -2.38. The zero-order chi connectivity index (χ0) is 22.7. The Morgan fingerprint density at radius 3 is 1.31 bits per heavy atom. The number of hydrogen-bond donors (Lipinski definition) is 0. The van der Waals surface area contributed by atoms with Crippen LogP contribution in [0.1, 0.15) is 38.5 Å². The van der Waals surface area contributed by atoms with Crippen LogP contribution in [0.25, 0.3) is 0 Å². The molecule has 8 unspecified atom stereocenters. The lowest BCUT2D eigenvalue weighted by molar-refractivity contribution is -0.188. The van der Waals surface area contributed by atoms with E-state index in [-0.39, 0.29) is 59.6 Å². The second kappa shape index (κ2) is 6.83. The average molecular weight is 495 g/mol. The van der Waals surface area contributed by atoms with Crippen LogP contribution in [-0.2, 0) is 9.59 Å². The molecule has 0 spiro atoms. The van der Waals surface area contributed by atoms with Gasteiger partial charge in [0.2, 0.25) is 0 Å². The Morgan fingerprint density at radius 2 is 0.969 bits per heavy atom. The summed E-state index contributed by atoms with van der Waals surface area (Å²) in [5, 5.41) is -0.266. The van der Waals surface area contributed by atoms with Crippen LogP contribution in [0.3, 0.4) is 0 Å². The molecule has 2 heterocycles. The molecule has 6 aliphatic rings. The summed E-state index contributed by atoms with van der Waals surface area (Å²) in [6, 6.07) is 0. The number of alkyl halides is 6. The van der Waals surface area contributed by atoms with Gasteiger partial charge in [-0.15, -0.1) is 23.5 Å². The van der Waals surface area contributed by atoms with Gasteiger partial charge in [0, 0.05) is 22.3 Å². The van der Waals surface area contributed by atoms with E-state index in [1.807, 2.05) is 0 Å². The largest absolute Gasteiger partial charge is 0.391 e. The molecule has 2 aliphatic heterocycles. The van der Waals surface area contributed by atoms with Gasteiger partial charge in [0.1, 0.15) is 0 Å². The summed E-state index contributed by atoms with van der Waals surface area (Å²) >= 11 is 2.74. The van der Waals surface area contributed by atoms with Crippen molar-refractivity contribution in [2.45, 2.75) is 61.4 Å². The molecular weight excluding hydrogens is 474 g/mol. The van der Waals surface area contributed by atoms with Crippen LogP contribution in [0.15, 0.2) is 21.0 Å². The van der Waals surface area contributed by atoms with Gasteiger partial charge < -0.3 is 0 Å². The van der Waals surface area contributed by atoms with Gasteiger partial charge in [-0.05, 0) is 61.5 Å². The Labute approximate surface area is 189 Å². The van der Waals surface area contributed by atoms with E-state index < -0.39 is 36.0 Å². The Balaban J connectivity index is 1.23. The highest BCUT2D eigenvalue weighted by Gasteiger charge is 2.62. The Bertz CT molecular complexity index is 902. The van der Waals surface area contributed by atoms with Crippen LogP contribution in [0.4, 0.5) is 26.3 Å². The zero-order valence-corrected chi connectivity index (χ0v) is 18.4. The van der Waals surface area contributed by atoms with Gasteiger partial charge in [0.15, 0.2) is 11.6 Å². The number of halogens is 6. The summed E-state index contributed by atoms with van der Waals surface area (Å²) in [4.78, 5) is 27.3. The minimum Gasteiger partial charge on any atom is -0.293 e. The number of Topliss-reactive ketones (excluding diaryl/α,β-unsaturated/α-hetero) is 2. The van der Waals surface area contributed by atoms with Crippen molar-refractivity contribution in [2.24, 2.45) is 35.5 Å². The van der Waals surface area contributed by atoms with Crippen LogP contribution < -0.4 is 0 Å². The molecule has 0 saturated heterocycles. The fourth-order valence-electron chi connectivity index (χ4n) is 6.98. The highest BCUT2D eigenvalue weighted by atomic mass is 32.2. The van der Waals surface area contributed by atoms with Crippen LogP contribution >= 0.6 is 23.5 Å². The Hall–Kier alpha value is -0.900. The number of hydrogen-bond acceptors (Lipinski definition) is 4. The number of allylic oxidation sites excluding steroid dienone is 2. The Kier molecular flexibility index (Phi) is 4.61. The summed E-state index contributed by atoms with van der Waals surface area (Å²) in [6.45, 7) is 0. The summed E-state index contributed by atoms with van der Waals surface area (Å²) in [5.74, 6) is -4.93. The maximum absolute atomic E-state index is 13.2. The predicted octanol–water partition coefficient (Wildman–Crippen LogP) is 6.08. The highest BCUT2D eigenvalue weighted by molar-refractivity contribution is 8.10. The van der Waals surface area contributed by atoms with E-state index in [2.05, 4.69) is 0 Å². The number of carbonyl (C=O) groups is 2. The third-order valence-corrected chi connectivity index (χ3v) is 11.5. The molecule has 2 fully saturated rings. The van der Waals surface area contributed by atoms with Gasteiger partial charge in [-0.3, -0.25) is 9.59 Å². The number of ketones is 2. The number of carbonyl (C=O) groups excluding carboxylic acids is 2. The van der Waals surface area contributed by atoms with Crippen molar-refractivity contribution in [3.63, 3.8) is 0 Å². The smallest absolute Gasteiger partial charge is 0.293 e. The molecule has 8 atom stereocenters. The molecule has 6 rings (SSSR count). The van der Waals surface area contributed by atoms with E-state index in [1.165, 1.54) is 23.5 Å². The summed E-state index contributed by atoms with van der Waals surface area (Å²) in [6.07, 6.45) is -8.27. The molecule has 0 N–H and O–H groups in total. The molecule has 0 bridgehead atoms.